The Morgan fingerprint density at radius 2 is 1.83 bits per heavy atom. The summed E-state index contributed by atoms with van der Waals surface area (Å²) in [5, 5.41) is 0.652. The van der Waals surface area contributed by atoms with Crippen molar-refractivity contribution in [1.82, 2.24) is 14.8 Å². The summed E-state index contributed by atoms with van der Waals surface area (Å²) in [7, 11) is 0. The molecule has 2 fully saturated rings. The molecule has 3 heterocycles. The molecule has 154 valence electrons. The molecule has 1 atom stereocenters. The Kier molecular flexibility index (Phi) is 6.36. The molecule has 0 N–H and O–H groups in total. The van der Waals surface area contributed by atoms with Crippen LogP contribution in [0.4, 0.5) is 5.82 Å². The number of benzene rings is 1. The van der Waals surface area contributed by atoms with E-state index in [0.717, 1.165) is 57.9 Å². The fraction of sp³-hybridized carbons (Fsp3) is 0.478. The van der Waals surface area contributed by atoms with Crippen LogP contribution in [0.5, 0.6) is 0 Å². The van der Waals surface area contributed by atoms with Gasteiger partial charge in [-0.3, -0.25) is 9.69 Å². The number of piperazine rings is 1. The third-order valence-corrected chi connectivity index (χ3v) is 6.35. The number of rotatable bonds is 4. The third kappa shape index (κ3) is 4.90. The molecule has 2 saturated heterocycles. The van der Waals surface area contributed by atoms with Crippen LogP contribution in [-0.2, 0) is 11.3 Å². The monoisotopic (exact) mass is 412 g/mol. The van der Waals surface area contributed by atoms with Crippen LogP contribution in [0.15, 0.2) is 48.7 Å². The molecule has 2 aromatic rings. The summed E-state index contributed by atoms with van der Waals surface area (Å²) >= 11 is 5.94. The fourth-order valence-corrected chi connectivity index (χ4v) is 4.60. The Labute approximate surface area is 178 Å². The lowest BCUT2D eigenvalue weighted by Crippen LogP contribution is -2.55. The molecule has 6 heteroatoms. The lowest BCUT2D eigenvalue weighted by molar-refractivity contribution is -0.140. The highest BCUT2D eigenvalue weighted by Crippen LogP contribution is 2.26. The van der Waals surface area contributed by atoms with Gasteiger partial charge in [-0.25, -0.2) is 4.98 Å². The number of piperidine rings is 1. The third-order valence-electron chi connectivity index (χ3n) is 6.12. The van der Waals surface area contributed by atoms with Crippen LogP contribution in [0, 0.1) is 5.92 Å². The molecule has 0 radical (unpaired) electrons. The highest BCUT2D eigenvalue weighted by atomic mass is 35.5. The normalized spacial score (nSPS) is 21.4. The standard InChI is InChI=1S/C23H29ClN4O/c1-18-16-26(17-19-5-3-2-4-6-19)13-14-28(18)23(29)20-9-11-27(12-10-20)22-8-7-21(24)15-25-22/h2-8,15,18,20H,9-14,16-17H2,1H3/t18-/m1/s1. The van der Waals surface area contributed by atoms with Gasteiger partial charge in [0, 0.05) is 57.4 Å². The number of hydrogen-bond donors (Lipinski definition) is 0. The number of nitrogens with zero attached hydrogens (tertiary/aromatic N) is 4. The maximum Gasteiger partial charge on any atom is 0.226 e. The van der Waals surface area contributed by atoms with E-state index in [1.807, 2.05) is 12.1 Å². The topological polar surface area (TPSA) is 39.7 Å². The van der Waals surface area contributed by atoms with E-state index < -0.39 is 0 Å². The van der Waals surface area contributed by atoms with Crippen molar-refractivity contribution < 1.29 is 4.79 Å². The number of halogens is 1. The number of pyridine rings is 1. The van der Waals surface area contributed by atoms with Crippen LogP contribution in [0.3, 0.4) is 0 Å². The Balaban J connectivity index is 1.28. The predicted octanol–water partition coefficient (Wildman–Crippen LogP) is 3.68. The molecule has 5 nitrogen and oxygen atoms in total. The maximum atomic E-state index is 13.2. The lowest BCUT2D eigenvalue weighted by atomic mass is 9.94. The van der Waals surface area contributed by atoms with Gasteiger partial charge in [0.15, 0.2) is 0 Å². The average Bonchev–Trinajstić information content (AvgIpc) is 2.75. The van der Waals surface area contributed by atoms with Gasteiger partial charge in [0.1, 0.15) is 5.82 Å². The zero-order valence-corrected chi connectivity index (χ0v) is 17.8. The molecule has 4 rings (SSSR count). The second-order valence-corrected chi connectivity index (χ2v) is 8.63. The zero-order chi connectivity index (χ0) is 20.2. The largest absolute Gasteiger partial charge is 0.357 e. The van der Waals surface area contributed by atoms with Gasteiger partial charge < -0.3 is 9.80 Å². The highest BCUT2D eigenvalue weighted by molar-refractivity contribution is 6.30. The minimum Gasteiger partial charge on any atom is -0.357 e. The predicted molar refractivity (Wildman–Crippen MR) is 117 cm³/mol. The molecule has 1 aromatic heterocycles. The summed E-state index contributed by atoms with van der Waals surface area (Å²) in [6.07, 6.45) is 3.46. The van der Waals surface area contributed by atoms with Crippen molar-refractivity contribution >= 4 is 23.3 Å². The van der Waals surface area contributed by atoms with Crippen molar-refractivity contribution in [2.75, 3.05) is 37.6 Å². The first kappa shape index (κ1) is 20.2. The summed E-state index contributed by atoms with van der Waals surface area (Å²) in [6.45, 7) is 7.58. The zero-order valence-electron chi connectivity index (χ0n) is 17.0. The van der Waals surface area contributed by atoms with Gasteiger partial charge in [0.05, 0.1) is 5.02 Å². The molecular weight excluding hydrogens is 384 g/mol. The molecule has 2 aliphatic rings. The number of carbonyl (C=O) groups is 1. The summed E-state index contributed by atoms with van der Waals surface area (Å²) in [5.74, 6) is 1.41. The van der Waals surface area contributed by atoms with Gasteiger partial charge in [-0.05, 0) is 37.5 Å². The number of amides is 1. The van der Waals surface area contributed by atoms with E-state index in [1.165, 1.54) is 5.56 Å². The van der Waals surface area contributed by atoms with Gasteiger partial charge in [0.2, 0.25) is 5.91 Å². The van der Waals surface area contributed by atoms with Crippen molar-refractivity contribution in [2.45, 2.75) is 32.4 Å². The molecular formula is C23H29ClN4O. The molecule has 0 saturated carbocycles. The molecule has 0 spiro atoms. The van der Waals surface area contributed by atoms with Gasteiger partial charge in [-0.1, -0.05) is 41.9 Å². The van der Waals surface area contributed by atoms with Crippen molar-refractivity contribution in [3.63, 3.8) is 0 Å². The van der Waals surface area contributed by atoms with E-state index in [-0.39, 0.29) is 12.0 Å². The van der Waals surface area contributed by atoms with E-state index in [1.54, 1.807) is 6.20 Å². The average molecular weight is 413 g/mol. The minimum atomic E-state index is 0.127. The molecule has 0 aliphatic carbocycles. The van der Waals surface area contributed by atoms with Crippen molar-refractivity contribution in [2.24, 2.45) is 5.92 Å². The Morgan fingerprint density at radius 3 is 2.48 bits per heavy atom. The summed E-state index contributed by atoms with van der Waals surface area (Å²) in [4.78, 5) is 24.4. The first-order valence-corrected chi connectivity index (χ1v) is 10.9. The number of aromatic nitrogens is 1. The summed E-state index contributed by atoms with van der Waals surface area (Å²) in [6, 6.07) is 14.7. The Bertz CT molecular complexity index is 805. The fourth-order valence-electron chi connectivity index (χ4n) is 4.49. The van der Waals surface area contributed by atoms with E-state index in [2.05, 4.69) is 56.9 Å². The first-order valence-electron chi connectivity index (χ1n) is 10.5. The van der Waals surface area contributed by atoms with Crippen molar-refractivity contribution in [1.29, 1.82) is 0 Å². The Morgan fingerprint density at radius 1 is 1.07 bits per heavy atom. The quantitative estimate of drug-likeness (QED) is 0.767. The van der Waals surface area contributed by atoms with Gasteiger partial charge in [-0.2, -0.15) is 0 Å². The van der Waals surface area contributed by atoms with Crippen LogP contribution in [0.25, 0.3) is 0 Å². The van der Waals surface area contributed by atoms with Gasteiger partial charge in [-0.15, -0.1) is 0 Å². The molecule has 0 bridgehead atoms. The Hall–Kier alpha value is -2.11. The van der Waals surface area contributed by atoms with Crippen LogP contribution in [-0.4, -0.2) is 59.5 Å². The van der Waals surface area contributed by atoms with Gasteiger partial charge in [0.25, 0.3) is 0 Å². The maximum absolute atomic E-state index is 13.2. The molecule has 1 aromatic carbocycles. The lowest BCUT2D eigenvalue weighted by Gasteiger charge is -2.42. The SMILES string of the molecule is C[C@@H]1CN(Cc2ccccc2)CCN1C(=O)C1CCN(c2ccc(Cl)cn2)CC1. The first-order chi connectivity index (χ1) is 14.1. The second-order valence-electron chi connectivity index (χ2n) is 8.20. The minimum absolute atomic E-state index is 0.127. The van der Waals surface area contributed by atoms with E-state index >= 15 is 0 Å². The van der Waals surface area contributed by atoms with Crippen LogP contribution >= 0.6 is 11.6 Å². The molecule has 29 heavy (non-hydrogen) atoms. The van der Waals surface area contributed by atoms with Crippen molar-refractivity contribution in [3.8, 4) is 0 Å². The van der Waals surface area contributed by atoms with Crippen LogP contribution in [0.2, 0.25) is 5.02 Å². The molecule has 0 unspecified atom stereocenters. The van der Waals surface area contributed by atoms with E-state index in [0.29, 0.717) is 10.9 Å². The molecule has 2 aliphatic heterocycles. The smallest absolute Gasteiger partial charge is 0.226 e. The van der Waals surface area contributed by atoms with E-state index in [9.17, 15) is 4.79 Å². The number of anilines is 1. The molecule has 1 amide bonds. The van der Waals surface area contributed by atoms with Crippen molar-refractivity contribution in [3.05, 3.63) is 59.2 Å². The van der Waals surface area contributed by atoms with Crippen LogP contribution in [0.1, 0.15) is 25.3 Å². The number of carbonyl (C=O) groups excluding carboxylic acids is 1. The number of hydrogen-bond acceptors (Lipinski definition) is 4. The summed E-state index contributed by atoms with van der Waals surface area (Å²) in [5.41, 5.74) is 1.34. The highest BCUT2D eigenvalue weighted by Gasteiger charge is 2.33. The summed E-state index contributed by atoms with van der Waals surface area (Å²) < 4.78 is 0. The van der Waals surface area contributed by atoms with Gasteiger partial charge >= 0.3 is 0 Å². The second kappa shape index (κ2) is 9.14. The van der Waals surface area contributed by atoms with E-state index in [4.69, 9.17) is 11.6 Å². The van der Waals surface area contributed by atoms with Crippen LogP contribution < -0.4 is 4.90 Å².